The minimum atomic E-state index is 0.412. The second-order valence-electron chi connectivity index (χ2n) is 5.02. The fraction of sp³-hybridized carbons (Fsp3) is 0.400. The number of benzene rings is 1. The van der Waals surface area contributed by atoms with Gasteiger partial charge < -0.3 is 10.3 Å². The highest BCUT2D eigenvalue weighted by Crippen LogP contribution is 2.31. The van der Waals surface area contributed by atoms with Gasteiger partial charge in [-0.2, -0.15) is 0 Å². The molecular weight excluding hydrogens is 224 g/mol. The second-order valence-corrected chi connectivity index (χ2v) is 5.02. The van der Waals surface area contributed by atoms with Crippen molar-refractivity contribution in [1.29, 1.82) is 0 Å². The summed E-state index contributed by atoms with van der Waals surface area (Å²) in [6.07, 6.45) is 1.92. The highest BCUT2D eigenvalue weighted by atomic mass is 16.5. The van der Waals surface area contributed by atoms with Crippen LogP contribution in [-0.2, 0) is 12.8 Å². The van der Waals surface area contributed by atoms with Gasteiger partial charge in [-0.1, -0.05) is 50.2 Å². The average Bonchev–Trinajstić information content (AvgIpc) is 2.70. The van der Waals surface area contributed by atoms with Crippen molar-refractivity contribution in [2.45, 2.75) is 33.6 Å². The lowest BCUT2D eigenvalue weighted by Gasteiger charge is -2.05. The summed E-state index contributed by atoms with van der Waals surface area (Å²) in [5.74, 6) is 0.943. The lowest BCUT2D eigenvalue weighted by molar-refractivity contribution is 0.422. The van der Waals surface area contributed by atoms with Crippen LogP contribution in [0.3, 0.4) is 0 Å². The van der Waals surface area contributed by atoms with Crippen molar-refractivity contribution in [2.24, 2.45) is 5.92 Å². The Morgan fingerprint density at radius 1 is 1.22 bits per heavy atom. The first-order valence-corrected chi connectivity index (χ1v) is 6.45. The Morgan fingerprint density at radius 2 is 1.89 bits per heavy atom. The first kappa shape index (κ1) is 12.7. The average molecular weight is 244 g/mol. The Kier molecular flexibility index (Phi) is 3.70. The monoisotopic (exact) mass is 244 g/mol. The summed E-state index contributed by atoms with van der Waals surface area (Å²) in [5, 5.41) is 4.07. The molecule has 0 unspecified atom stereocenters. The van der Waals surface area contributed by atoms with E-state index in [2.05, 4.69) is 50.2 Å². The van der Waals surface area contributed by atoms with E-state index in [0.29, 0.717) is 11.8 Å². The van der Waals surface area contributed by atoms with Gasteiger partial charge in [0.05, 0.1) is 11.3 Å². The molecule has 3 heteroatoms. The predicted molar refractivity (Wildman–Crippen MR) is 74.3 cm³/mol. The highest BCUT2D eigenvalue weighted by Gasteiger charge is 2.16. The molecule has 0 atom stereocenters. The van der Waals surface area contributed by atoms with Crippen LogP contribution < -0.4 is 5.73 Å². The van der Waals surface area contributed by atoms with Gasteiger partial charge in [-0.3, -0.25) is 0 Å². The molecule has 3 nitrogen and oxygen atoms in total. The molecule has 0 spiro atoms. The van der Waals surface area contributed by atoms with Crippen LogP contribution >= 0.6 is 0 Å². The zero-order valence-electron chi connectivity index (χ0n) is 11.2. The second kappa shape index (κ2) is 5.25. The highest BCUT2D eigenvalue weighted by molar-refractivity contribution is 5.75. The minimum Gasteiger partial charge on any atom is -0.367 e. The van der Waals surface area contributed by atoms with E-state index >= 15 is 0 Å². The standard InChI is InChI=1S/C15H20N2O/c1-4-11-5-7-12(8-6-11)14-13(9-10(2)3)17-18-15(14)16/h5-8,10H,4,9,16H2,1-3H3. The summed E-state index contributed by atoms with van der Waals surface area (Å²) >= 11 is 0. The Morgan fingerprint density at radius 3 is 2.44 bits per heavy atom. The molecule has 0 bridgehead atoms. The van der Waals surface area contributed by atoms with Gasteiger partial charge in [0.1, 0.15) is 0 Å². The van der Waals surface area contributed by atoms with Crippen LogP contribution in [0.2, 0.25) is 0 Å². The SMILES string of the molecule is CCc1ccc(-c2c(CC(C)C)noc2N)cc1. The summed E-state index contributed by atoms with van der Waals surface area (Å²) in [7, 11) is 0. The molecule has 0 aliphatic heterocycles. The topological polar surface area (TPSA) is 52.0 Å². The first-order valence-electron chi connectivity index (χ1n) is 6.45. The molecule has 0 amide bonds. The van der Waals surface area contributed by atoms with E-state index in [0.717, 1.165) is 29.7 Å². The Bertz CT molecular complexity index is 512. The van der Waals surface area contributed by atoms with E-state index < -0.39 is 0 Å². The number of anilines is 1. The maximum absolute atomic E-state index is 5.89. The molecule has 2 N–H and O–H groups in total. The smallest absolute Gasteiger partial charge is 0.230 e. The number of nitrogens with two attached hydrogens (primary N) is 1. The minimum absolute atomic E-state index is 0.412. The maximum atomic E-state index is 5.89. The van der Waals surface area contributed by atoms with Crippen molar-refractivity contribution in [3.8, 4) is 11.1 Å². The summed E-state index contributed by atoms with van der Waals surface area (Å²) in [6.45, 7) is 6.47. The number of nitrogens with zero attached hydrogens (tertiary/aromatic N) is 1. The van der Waals surface area contributed by atoms with Crippen molar-refractivity contribution in [2.75, 3.05) is 5.73 Å². The Balaban J connectivity index is 2.39. The molecule has 1 aromatic carbocycles. The molecule has 2 rings (SSSR count). The van der Waals surface area contributed by atoms with Gasteiger partial charge in [0.15, 0.2) is 0 Å². The third-order valence-corrected chi connectivity index (χ3v) is 3.04. The number of aromatic nitrogens is 1. The number of hydrogen-bond acceptors (Lipinski definition) is 3. The van der Waals surface area contributed by atoms with Crippen LogP contribution in [-0.4, -0.2) is 5.16 Å². The zero-order chi connectivity index (χ0) is 13.1. The zero-order valence-corrected chi connectivity index (χ0v) is 11.2. The molecule has 96 valence electrons. The summed E-state index contributed by atoms with van der Waals surface area (Å²) in [5.41, 5.74) is 10.2. The number of hydrogen-bond donors (Lipinski definition) is 1. The van der Waals surface area contributed by atoms with E-state index in [4.69, 9.17) is 10.3 Å². The fourth-order valence-corrected chi connectivity index (χ4v) is 2.08. The van der Waals surface area contributed by atoms with E-state index in [1.54, 1.807) is 0 Å². The first-order chi connectivity index (χ1) is 8.61. The third kappa shape index (κ3) is 2.55. The lowest BCUT2D eigenvalue weighted by Crippen LogP contribution is -1.97. The van der Waals surface area contributed by atoms with E-state index in [9.17, 15) is 0 Å². The van der Waals surface area contributed by atoms with Gasteiger partial charge in [0.25, 0.3) is 0 Å². The summed E-state index contributed by atoms with van der Waals surface area (Å²) in [6, 6.07) is 8.43. The predicted octanol–water partition coefficient (Wildman–Crippen LogP) is 3.68. The van der Waals surface area contributed by atoms with Crippen molar-refractivity contribution in [3.63, 3.8) is 0 Å². The van der Waals surface area contributed by atoms with E-state index in [1.165, 1.54) is 5.56 Å². The molecule has 18 heavy (non-hydrogen) atoms. The van der Waals surface area contributed by atoms with Crippen LogP contribution in [0, 0.1) is 5.92 Å². The maximum Gasteiger partial charge on any atom is 0.230 e. The van der Waals surface area contributed by atoms with Gasteiger partial charge >= 0.3 is 0 Å². The summed E-state index contributed by atoms with van der Waals surface area (Å²) < 4.78 is 5.14. The van der Waals surface area contributed by atoms with Crippen LogP contribution in [0.25, 0.3) is 11.1 Å². The number of aryl methyl sites for hydroxylation is 1. The molecule has 0 radical (unpaired) electrons. The number of rotatable bonds is 4. The van der Waals surface area contributed by atoms with Gasteiger partial charge in [0, 0.05) is 0 Å². The van der Waals surface area contributed by atoms with Crippen LogP contribution in [0.15, 0.2) is 28.8 Å². The van der Waals surface area contributed by atoms with Crippen LogP contribution in [0.4, 0.5) is 5.88 Å². The lowest BCUT2D eigenvalue weighted by atomic mass is 9.98. The Labute approximate surface area is 108 Å². The molecule has 0 fully saturated rings. The quantitative estimate of drug-likeness (QED) is 0.892. The third-order valence-electron chi connectivity index (χ3n) is 3.04. The van der Waals surface area contributed by atoms with Gasteiger partial charge in [0.2, 0.25) is 5.88 Å². The molecular formula is C15H20N2O. The van der Waals surface area contributed by atoms with E-state index in [-0.39, 0.29) is 0 Å². The molecule has 0 saturated carbocycles. The van der Waals surface area contributed by atoms with Crippen LogP contribution in [0.1, 0.15) is 32.0 Å². The van der Waals surface area contributed by atoms with Gasteiger partial charge in [-0.15, -0.1) is 0 Å². The largest absolute Gasteiger partial charge is 0.367 e. The molecule has 0 aliphatic rings. The molecule has 0 saturated heterocycles. The van der Waals surface area contributed by atoms with Gasteiger partial charge in [-0.05, 0) is 29.9 Å². The van der Waals surface area contributed by atoms with Crippen LogP contribution in [0.5, 0.6) is 0 Å². The summed E-state index contributed by atoms with van der Waals surface area (Å²) in [4.78, 5) is 0. The van der Waals surface area contributed by atoms with Crippen molar-refractivity contribution >= 4 is 5.88 Å². The van der Waals surface area contributed by atoms with Crippen molar-refractivity contribution in [3.05, 3.63) is 35.5 Å². The molecule has 1 aromatic heterocycles. The van der Waals surface area contributed by atoms with Crippen molar-refractivity contribution < 1.29 is 4.52 Å². The normalized spacial score (nSPS) is 11.1. The Hall–Kier alpha value is -1.77. The van der Waals surface area contributed by atoms with E-state index in [1.807, 2.05) is 0 Å². The van der Waals surface area contributed by atoms with Crippen molar-refractivity contribution in [1.82, 2.24) is 5.16 Å². The number of nitrogen functional groups attached to an aromatic ring is 1. The van der Waals surface area contributed by atoms with Gasteiger partial charge in [-0.25, -0.2) is 0 Å². The molecule has 0 aliphatic carbocycles. The fourth-order valence-electron chi connectivity index (χ4n) is 2.08. The molecule has 2 aromatic rings. The molecule has 1 heterocycles.